The van der Waals surface area contributed by atoms with Crippen LogP contribution >= 0.6 is 0 Å². The molecule has 2 N–H and O–H groups in total. The number of hydrogen-bond acceptors (Lipinski definition) is 4. The molecular formula is C23H27N5O2. The van der Waals surface area contributed by atoms with Crippen molar-refractivity contribution in [3.63, 3.8) is 0 Å². The summed E-state index contributed by atoms with van der Waals surface area (Å²) >= 11 is 0. The standard InChI is InChI=1S/C23H27N5O2/c29-23(25-14-12-18-15-27-28(17-18)20-8-2-1-3-9-20)26-16-19-7-6-13-24-22(19)30-21-10-4-5-11-21/h1-3,6-9,13,15,17,21H,4-5,10-12,14,16H2,(H2,25,26,29). The molecule has 30 heavy (non-hydrogen) atoms. The van der Waals surface area contributed by atoms with Crippen molar-refractivity contribution < 1.29 is 9.53 Å². The van der Waals surface area contributed by atoms with E-state index in [-0.39, 0.29) is 12.1 Å². The first-order valence-corrected chi connectivity index (χ1v) is 10.5. The fourth-order valence-electron chi connectivity index (χ4n) is 3.60. The van der Waals surface area contributed by atoms with E-state index < -0.39 is 0 Å². The highest BCUT2D eigenvalue weighted by molar-refractivity contribution is 5.73. The van der Waals surface area contributed by atoms with E-state index in [4.69, 9.17) is 4.74 Å². The number of rotatable bonds is 8. The first-order valence-electron chi connectivity index (χ1n) is 10.5. The molecule has 1 aliphatic carbocycles. The van der Waals surface area contributed by atoms with Crippen molar-refractivity contribution in [2.24, 2.45) is 0 Å². The molecule has 2 aromatic heterocycles. The van der Waals surface area contributed by atoms with Crippen LogP contribution in [-0.2, 0) is 13.0 Å². The third-order valence-electron chi connectivity index (χ3n) is 5.23. The van der Waals surface area contributed by atoms with Crippen molar-refractivity contribution in [1.82, 2.24) is 25.4 Å². The van der Waals surface area contributed by atoms with Gasteiger partial charge in [-0.2, -0.15) is 5.10 Å². The lowest BCUT2D eigenvalue weighted by Gasteiger charge is -2.15. The molecule has 0 spiro atoms. The predicted octanol–water partition coefficient (Wildman–Crippen LogP) is 3.63. The van der Waals surface area contributed by atoms with E-state index in [1.54, 1.807) is 6.20 Å². The molecule has 0 radical (unpaired) electrons. The van der Waals surface area contributed by atoms with Crippen LogP contribution in [0.1, 0.15) is 36.8 Å². The fourth-order valence-corrected chi connectivity index (χ4v) is 3.60. The Morgan fingerprint density at radius 1 is 1.10 bits per heavy atom. The molecule has 2 heterocycles. The van der Waals surface area contributed by atoms with Crippen LogP contribution in [0.15, 0.2) is 61.1 Å². The molecule has 0 aliphatic heterocycles. The van der Waals surface area contributed by atoms with Gasteiger partial charge in [0, 0.05) is 31.0 Å². The number of carbonyl (C=O) groups is 1. The Balaban J connectivity index is 1.22. The number of urea groups is 1. The zero-order chi connectivity index (χ0) is 20.6. The van der Waals surface area contributed by atoms with Gasteiger partial charge in [-0.1, -0.05) is 24.3 Å². The van der Waals surface area contributed by atoms with Crippen molar-refractivity contribution >= 4 is 6.03 Å². The number of benzene rings is 1. The van der Waals surface area contributed by atoms with Gasteiger partial charge in [0.05, 0.1) is 11.9 Å². The average Bonchev–Trinajstić information content (AvgIpc) is 3.46. The summed E-state index contributed by atoms with van der Waals surface area (Å²) in [4.78, 5) is 16.5. The summed E-state index contributed by atoms with van der Waals surface area (Å²) in [6, 6.07) is 13.5. The average molecular weight is 406 g/mol. The Morgan fingerprint density at radius 2 is 1.93 bits per heavy atom. The molecule has 2 amide bonds. The topological polar surface area (TPSA) is 81.1 Å². The van der Waals surface area contributed by atoms with Gasteiger partial charge in [0.2, 0.25) is 5.88 Å². The summed E-state index contributed by atoms with van der Waals surface area (Å²) < 4.78 is 7.86. The van der Waals surface area contributed by atoms with E-state index in [2.05, 4.69) is 20.7 Å². The lowest BCUT2D eigenvalue weighted by atomic mass is 10.2. The van der Waals surface area contributed by atoms with Gasteiger partial charge in [0.1, 0.15) is 6.10 Å². The SMILES string of the molecule is O=C(NCCc1cnn(-c2ccccc2)c1)NCc1cccnc1OC1CCCC1. The monoisotopic (exact) mass is 405 g/mol. The third kappa shape index (κ3) is 5.37. The van der Waals surface area contributed by atoms with Crippen LogP contribution in [0.2, 0.25) is 0 Å². The zero-order valence-electron chi connectivity index (χ0n) is 17.0. The number of pyridine rings is 1. The summed E-state index contributed by atoms with van der Waals surface area (Å²) in [5.41, 5.74) is 2.98. The van der Waals surface area contributed by atoms with Crippen LogP contribution in [0, 0.1) is 0 Å². The van der Waals surface area contributed by atoms with Gasteiger partial charge in [-0.25, -0.2) is 14.5 Å². The smallest absolute Gasteiger partial charge is 0.315 e. The molecule has 1 aliphatic rings. The normalized spacial score (nSPS) is 13.9. The molecule has 1 saturated carbocycles. The summed E-state index contributed by atoms with van der Waals surface area (Å²) in [5.74, 6) is 0.623. The number of ether oxygens (including phenoxy) is 1. The molecule has 7 heteroatoms. The number of aromatic nitrogens is 3. The van der Waals surface area contributed by atoms with Gasteiger partial charge >= 0.3 is 6.03 Å². The molecule has 7 nitrogen and oxygen atoms in total. The molecule has 0 unspecified atom stereocenters. The lowest BCUT2D eigenvalue weighted by Crippen LogP contribution is -2.36. The van der Waals surface area contributed by atoms with Gasteiger partial charge in [0.15, 0.2) is 0 Å². The lowest BCUT2D eigenvalue weighted by molar-refractivity contribution is 0.198. The minimum Gasteiger partial charge on any atom is -0.474 e. The van der Waals surface area contributed by atoms with Crippen molar-refractivity contribution in [2.75, 3.05) is 6.54 Å². The zero-order valence-corrected chi connectivity index (χ0v) is 17.0. The third-order valence-corrected chi connectivity index (χ3v) is 5.23. The van der Waals surface area contributed by atoms with Crippen LogP contribution < -0.4 is 15.4 Å². The minimum atomic E-state index is -0.207. The van der Waals surface area contributed by atoms with Crippen LogP contribution in [0.25, 0.3) is 5.69 Å². The van der Waals surface area contributed by atoms with Gasteiger partial charge in [-0.05, 0) is 55.9 Å². The number of nitrogens with one attached hydrogen (secondary N) is 2. The van der Waals surface area contributed by atoms with Gasteiger partial charge in [-0.15, -0.1) is 0 Å². The number of amides is 2. The van der Waals surface area contributed by atoms with E-state index in [1.165, 1.54) is 12.8 Å². The summed E-state index contributed by atoms with van der Waals surface area (Å²) in [5, 5.41) is 10.2. The Morgan fingerprint density at radius 3 is 2.77 bits per heavy atom. The second-order valence-electron chi connectivity index (χ2n) is 7.48. The Labute approximate surface area is 176 Å². The van der Waals surface area contributed by atoms with E-state index >= 15 is 0 Å². The quantitative estimate of drug-likeness (QED) is 0.600. The van der Waals surface area contributed by atoms with E-state index in [0.29, 0.717) is 25.4 Å². The molecule has 4 rings (SSSR count). The molecule has 0 saturated heterocycles. The highest BCUT2D eigenvalue weighted by Crippen LogP contribution is 2.24. The number of para-hydroxylation sites is 1. The van der Waals surface area contributed by atoms with E-state index in [1.807, 2.05) is 59.5 Å². The van der Waals surface area contributed by atoms with Gasteiger partial charge in [0.25, 0.3) is 0 Å². The van der Waals surface area contributed by atoms with Gasteiger partial charge in [-0.3, -0.25) is 0 Å². The second kappa shape index (κ2) is 9.91. The Hall–Kier alpha value is -3.35. The molecule has 156 valence electrons. The summed E-state index contributed by atoms with van der Waals surface area (Å²) in [6.45, 7) is 0.915. The summed E-state index contributed by atoms with van der Waals surface area (Å²) in [7, 11) is 0. The van der Waals surface area contributed by atoms with Crippen LogP contribution in [0.3, 0.4) is 0 Å². The van der Waals surface area contributed by atoms with Gasteiger partial charge < -0.3 is 15.4 Å². The maximum atomic E-state index is 12.2. The van der Waals surface area contributed by atoms with Crippen molar-refractivity contribution in [3.05, 3.63) is 72.2 Å². The highest BCUT2D eigenvalue weighted by Gasteiger charge is 2.18. The maximum Gasteiger partial charge on any atom is 0.315 e. The van der Waals surface area contributed by atoms with Crippen LogP contribution in [0.5, 0.6) is 5.88 Å². The number of hydrogen-bond donors (Lipinski definition) is 2. The molecule has 1 aromatic carbocycles. The number of carbonyl (C=O) groups excluding carboxylic acids is 1. The van der Waals surface area contributed by atoms with Crippen LogP contribution in [0.4, 0.5) is 4.79 Å². The molecule has 3 aromatic rings. The first kappa shape index (κ1) is 19.9. The van der Waals surface area contributed by atoms with Crippen molar-refractivity contribution in [1.29, 1.82) is 0 Å². The second-order valence-corrected chi connectivity index (χ2v) is 7.48. The Bertz CT molecular complexity index is 951. The van der Waals surface area contributed by atoms with E-state index in [9.17, 15) is 4.79 Å². The predicted molar refractivity (Wildman–Crippen MR) is 115 cm³/mol. The molecule has 1 fully saturated rings. The molecule has 0 atom stereocenters. The van der Waals surface area contributed by atoms with Crippen molar-refractivity contribution in [2.45, 2.75) is 44.8 Å². The van der Waals surface area contributed by atoms with Crippen LogP contribution in [-0.4, -0.2) is 33.4 Å². The van der Waals surface area contributed by atoms with E-state index in [0.717, 1.165) is 29.7 Å². The molecule has 0 bridgehead atoms. The minimum absolute atomic E-state index is 0.207. The number of nitrogens with zero attached hydrogens (tertiary/aromatic N) is 3. The molecular weight excluding hydrogens is 378 g/mol. The first-order chi connectivity index (χ1) is 14.8. The van der Waals surface area contributed by atoms with Crippen molar-refractivity contribution in [3.8, 4) is 11.6 Å². The fraction of sp³-hybridized carbons (Fsp3) is 0.348. The summed E-state index contributed by atoms with van der Waals surface area (Å²) in [6.07, 6.45) is 11.0. The maximum absolute atomic E-state index is 12.2. The Kier molecular flexibility index (Phi) is 6.59. The highest BCUT2D eigenvalue weighted by atomic mass is 16.5. The largest absolute Gasteiger partial charge is 0.474 e.